The average molecular weight is 322 g/mol. The number of fused-ring (bicyclic) bond motifs is 1. The molecule has 0 saturated heterocycles. The Hall–Kier alpha value is -3.15. The number of carbonyl (C=O) groups is 1. The predicted molar refractivity (Wildman–Crippen MR) is 94.4 cm³/mol. The highest BCUT2D eigenvalue weighted by atomic mass is 16.5. The zero-order valence-corrected chi connectivity index (χ0v) is 13.6. The van der Waals surface area contributed by atoms with E-state index in [4.69, 9.17) is 4.74 Å². The molecule has 0 bridgehead atoms. The number of nitrogens with one attached hydrogen (secondary N) is 1. The maximum Gasteiger partial charge on any atom is 0.243 e. The van der Waals surface area contributed by atoms with Crippen LogP contribution in [0.15, 0.2) is 54.9 Å². The van der Waals surface area contributed by atoms with Crippen molar-refractivity contribution in [2.75, 3.05) is 30.9 Å². The molecule has 0 saturated carbocycles. The maximum absolute atomic E-state index is 12.3. The smallest absolute Gasteiger partial charge is 0.243 e. The number of anilines is 2. The SMILES string of the molecule is COc1cccc(NC(=O)CN(C)c2ncnc3ccccc23)c1. The highest BCUT2D eigenvalue weighted by Crippen LogP contribution is 2.21. The molecule has 1 amide bonds. The third-order valence-electron chi connectivity index (χ3n) is 3.62. The fourth-order valence-corrected chi connectivity index (χ4v) is 2.49. The van der Waals surface area contributed by atoms with E-state index in [0.717, 1.165) is 16.7 Å². The second-order valence-corrected chi connectivity index (χ2v) is 5.35. The molecule has 2 aromatic carbocycles. The van der Waals surface area contributed by atoms with Crippen molar-refractivity contribution in [1.82, 2.24) is 9.97 Å². The van der Waals surface area contributed by atoms with Gasteiger partial charge in [0.25, 0.3) is 0 Å². The van der Waals surface area contributed by atoms with E-state index < -0.39 is 0 Å². The molecule has 1 heterocycles. The number of ether oxygens (including phenoxy) is 1. The van der Waals surface area contributed by atoms with E-state index in [1.807, 2.05) is 49.5 Å². The first kappa shape index (κ1) is 15.7. The molecule has 24 heavy (non-hydrogen) atoms. The average Bonchev–Trinajstić information content (AvgIpc) is 2.61. The van der Waals surface area contributed by atoms with Crippen LogP contribution < -0.4 is 15.0 Å². The van der Waals surface area contributed by atoms with Gasteiger partial charge in [-0.15, -0.1) is 0 Å². The molecular weight excluding hydrogens is 304 g/mol. The van der Waals surface area contributed by atoms with Crippen molar-refractivity contribution in [1.29, 1.82) is 0 Å². The Balaban J connectivity index is 1.73. The number of hydrogen-bond acceptors (Lipinski definition) is 5. The van der Waals surface area contributed by atoms with Gasteiger partial charge in [0.2, 0.25) is 5.91 Å². The molecule has 0 fully saturated rings. The van der Waals surface area contributed by atoms with E-state index in [2.05, 4.69) is 15.3 Å². The van der Waals surface area contributed by atoms with Gasteiger partial charge in [0.1, 0.15) is 17.9 Å². The zero-order valence-electron chi connectivity index (χ0n) is 13.6. The Morgan fingerprint density at radius 1 is 1.17 bits per heavy atom. The molecular formula is C18H18N4O2. The van der Waals surface area contributed by atoms with Crippen molar-refractivity contribution < 1.29 is 9.53 Å². The Morgan fingerprint density at radius 3 is 2.83 bits per heavy atom. The minimum atomic E-state index is -0.131. The van der Waals surface area contributed by atoms with Crippen molar-refractivity contribution >= 4 is 28.3 Å². The standard InChI is InChI=1S/C18H18N4O2/c1-22(18-15-8-3-4-9-16(15)19-12-20-18)11-17(23)21-13-6-5-7-14(10-13)24-2/h3-10,12H,11H2,1-2H3,(H,21,23). The van der Waals surface area contributed by atoms with Crippen LogP contribution in [-0.4, -0.2) is 36.6 Å². The highest BCUT2D eigenvalue weighted by molar-refractivity contribution is 5.96. The molecule has 1 N–H and O–H groups in total. The summed E-state index contributed by atoms with van der Waals surface area (Å²) >= 11 is 0. The lowest BCUT2D eigenvalue weighted by molar-refractivity contribution is -0.114. The number of aromatic nitrogens is 2. The Bertz CT molecular complexity index is 861. The fourth-order valence-electron chi connectivity index (χ4n) is 2.49. The van der Waals surface area contributed by atoms with Gasteiger partial charge in [-0.2, -0.15) is 0 Å². The summed E-state index contributed by atoms with van der Waals surface area (Å²) in [4.78, 5) is 22.6. The quantitative estimate of drug-likeness (QED) is 0.782. The van der Waals surface area contributed by atoms with E-state index in [1.54, 1.807) is 18.1 Å². The Morgan fingerprint density at radius 2 is 2.00 bits per heavy atom. The van der Waals surface area contributed by atoms with Crippen LogP contribution in [-0.2, 0) is 4.79 Å². The monoisotopic (exact) mass is 322 g/mol. The molecule has 0 aliphatic heterocycles. The van der Waals surface area contributed by atoms with Gasteiger partial charge in [-0.05, 0) is 24.3 Å². The molecule has 3 aromatic rings. The van der Waals surface area contributed by atoms with Crippen LogP contribution in [0.1, 0.15) is 0 Å². The van der Waals surface area contributed by atoms with Gasteiger partial charge in [0.15, 0.2) is 0 Å². The summed E-state index contributed by atoms with van der Waals surface area (Å²) in [6, 6.07) is 15.0. The van der Waals surface area contributed by atoms with Crippen LogP contribution in [0.2, 0.25) is 0 Å². The summed E-state index contributed by atoms with van der Waals surface area (Å²) in [5.41, 5.74) is 1.54. The van der Waals surface area contributed by atoms with Crippen molar-refractivity contribution in [3.05, 3.63) is 54.9 Å². The number of methoxy groups -OCH3 is 1. The lowest BCUT2D eigenvalue weighted by atomic mass is 10.2. The van der Waals surface area contributed by atoms with E-state index in [0.29, 0.717) is 11.4 Å². The van der Waals surface area contributed by atoms with Gasteiger partial charge >= 0.3 is 0 Å². The minimum Gasteiger partial charge on any atom is -0.497 e. The maximum atomic E-state index is 12.3. The number of likely N-dealkylation sites (N-methyl/N-ethyl adjacent to an activating group) is 1. The summed E-state index contributed by atoms with van der Waals surface area (Å²) in [5, 5.41) is 3.77. The summed E-state index contributed by atoms with van der Waals surface area (Å²) in [6.07, 6.45) is 1.51. The molecule has 0 radical (unpaired) electrons. The number of amides is 1. The third-order valence-corrected chi connectivity index (χ3v) is 3.62. The van der Waals surface area contributed by atoms with Crippen molar-refractivity contribution in [3.63, 3.8) is 0 Å². The Kier molecular flexibility index (Phi) is 4.56. The van der Waals surface area contributed by atoms with Gasteiger partial charge in [-0.1, -0.05) is 18.2 Å². The van der Waals surface area contributed by atoms with E-state index in [1.165, 1.54) is 6.33 Å². The molecule has 0 unspecified atom stereocenters. The number of hydrogen-bond donors (Lipinski definition) is 1. The number of nitrogens with zero attached hydrogens (tertiary/aromatic N) is 3. The highest BCUT2D eigenvalue weighted by Gasteiger charge is 2.12. The van der Waals surface area contributed by atoms with E-state index in [-0.39, 0.29) is 12.5 Å². The molecule has 0 atom stereocenters. The van der Waals surface area contributed by atoms with Crippen molar-refractivity contribution in [3.8, 4) is 5.75 Å². The van der Waals surface area contributed by atoms with Gasteiger partial charge in [0.05, 0.1) is 19.2 Å². The Labute approximate surface area is 140 Å². The first-order chi connectivity index (χ1) is 11.7. The molecule has 0 aliphatic carbocycles. The number of carbonyl (C=O) groups excluding carboxylic acids is 1. The largest absolute Gasteiger partial charge is 0.497 e. The van der Waals surface area contributed by atoms with Crippen molar-refractivity contribution in [2.24, 2.45) is 0 Å². The minimum absolute atomic E-state index is 0.131. The van der Waals surface area contributed by atoms with Gasteiger partial charge in [0, 0.05) is 24.2 Å². The van der Waals surface area contributed by atoms with E-state index in [9.17, 15) is 4.79 Å². The second-order valence-electron chi connectivity index (χ2n) is 5.35. The normalized spacial score (nSPS) is 10.4. The lowest BCUT2D eigenvalue weighted by Gasteiger charge is -2.19. The summed E-state index contributed by atoms with van der Waals surface area (Å²) < 4.78 is 5.16. The lowest BCUT2D eigenvalue weighted by Crippen LogP contribution is -2.30. The molecule has 122 valence electrons. The van der Waals surface area contributed by atoms with Gasteiger partial charge in [-0.3, -0.25) is 4.79 Å². The van der Waals surface area contributed by atoms with Gasteiger partial charge < -0.3 is 15.0 Å². The second kappa shape index (κ2) is 6.95. The molecule has 3 rings (SSSR count). The van der Waals surface area contributed by atoms with Crippen LogP contribution in [0.4, 0.5) is 11.5 Å². The molecule has 6 nitrogen and oxygen atoms in total. The van der Waals surface area contributed by atoms with Gasteiger partial charge in [-0.25, -0.2) is 9.97 Å². The summed E-state index contributed by atoms with van der Waals surface area (Å²) in [7, 11) is 3.43. The van der Waals surface area contributed by atoms with Crippen LogP contribution in [0.25, 0.3) is 10.9 Å². The zero-order chi connectivity index (χ0) is 16.9. The fraction of sp³-hybridized carbons (Fsp3) is 0.167. The van der Waals surface area contributed by atoms with Crippen LogP contribution >= 0.6 is 0 Å². The van der Waals surface area contributed by atoms with Crippen LogP contribution in [0.3, 0.4) is 0 Å². The molecule has 0 spiro atoms. The van der Waals surface area contributed by atoms with Crippen LogP contribution in [0.5, 0.6) is 5.75 Å². The first-order valence-electron chi connectivity index (χ1n) is 7.52. The molecule has 0 aliphatic rings. The van der Waals surface area contributed by atoms with Crippen LogP contribution in [0, 0.1) is 0 Å². The molecule has 1 aromatic heterocycles. The number of para-hydroxylation sites is 1. The topological polar surface area (TPSA) is 67.3 Å². The predicted octanol–water partition coefficient (Wildman–Crippen LogP) is 2.71. The molecule has 6 heteroatoms. The number of rotatable bonds is 5. The number of benzene rings is 2. The van der Waals surface area contributed by atoms with E-state index >= 15 is 0 Å². The van der Waals surface area contributed by atoms with Crippen molar-refractivity contribution in [2.45, 2.75) is 0 Å². The summed E-state index contributed by atoms with van der Waals surface area (Å²) in [6.45, 7) is 0.179. The summed E-state index contributed by atoms with van der Waals surface area (Å²) in [5.74, 6) is 1.29. The first-order valence-corrected chi connectivity index (χ1v) is 7.52. The third kappa shape index (κ3) is 3.43.